The number of aryl methyl sites for hydroxylation is 1. The fraction of sp³-hybridized carbons (Fsp3) is 0.273. The Morgan fingerprint density at radius 1 is 1.37 bits per heavy atom. The molecule has 0 saturated carbocycles. The number of nitrogens with zero attached hydrogens (tertiary/aromatic N) is 1. The number of primary amides is 1. The first-order valence-electron chi connectivity index (χ1n) is 5.31. The molecule has 0 bridgehead atoms. The molecule has 0 aliphatic rings. The second kappa shape index (κ2) is 5.64. The first kappa shape index (κ1) is 15.5. The maximum Gasteiger partial charge on any atom is 0.243 e. The van der Waals surface area contributed by atoms with Gasteiger partial charge in [-0.3, -0.25) is 4.79 Å². The lowest BCUT2D eigenvalue weighted by molar-refractivity contribution is -0.118. The van der Waals surface area contributed by atoms with E-state index in [-0.39, 0.29) is 16.4 Å². The molecule has 0 atom stereocenters. The van der Waals surface area contributed by atoms with E-state index in [1.54, 1.807) is 19.1 Å². The molecule has 0 spiro atoms. The van der Waals surface area contributed by atoms with Crippen LogP contribution in [0.5, 0.6) is 0 Å². The largest absolute Gasteiger partial charge is 0.389 e. The SMILES string of the molecule is Cc1ccc(C(N)=S)cc1S(=O)(=O)N(C)CC(N)=O. The van der Waals surface area contributed by atoms with Crippen LogP contribution in [0.1, 0.15) is 11.1 Å². The Bertz CT molecular complexity index is 626. The van der Waals surface area contributed by atoms with Crippen LogP contribution in [0.3, 0.4) is 0 Å². The molecule has 1 amide bonds. The number of rotatable bonds is 5. The number of likely N-dealkylation sites (N-methyl/N-ethyl adjacent to an activating group) is 1. The number of nitrogens with two attached hydrogens (primary N) is 2. The minimum Gasteiger partial charge on any atom is -0.389 e. The molecule has 0 radical (unpaired) electrons. The molecule has 0 saturated heterocycles. The standard InChI is InChI=1S/C11H15N3O3S2/c1-7-3-4-8(11(13)18)5-9(7)19(16,17)14(2)6-10(12)15/h3-5H,6H2,1-2H3,(H2,12,15)(H2,13,18). The lowest BCUT2D eigenvalue weighted by Gasteiger charge is -2.17. The summed E-state index contributed by atoms with van der Waals surface area (Å²) in [6.45, 7) is 1.26. The minimum atomic E-state index is -3.80. The lowest BCUT2D eigenvalue weighted by Crippen LogP contribution is -2.35. The summed E-state index contributed by atoms with van der Waals surface area (Å²) in [7, 11) is -2.52. The first-order chi connectivity index (χ1) is 8.66. The van der Waals surface area contributed by atoms with Crippen molar-refractivity contribution in [3.05, 3.63) is 29.3 Å². The van der Waals surface area contributed by atoms with Gasteiger partial charge in [0.2, 0.25) is 15.9 Å². The molecule has 0 unspecified atom stereocenters. The number of carbonyl (C=O) groups is 1. The summed E-state index contributed by atoms with van der Waals surface area (Å²) in [5.41, 5.74) is 11.5. The van der Waals surface area contributed by atoms with Gasteiger partial charge in [-0.2, -0.15) is 4.31 Å². The van der Waals surface area contributed by atoms with Crippen molar-refractivity contribution < 1.29 is 13.2 Å². The van der Waals surface area contributed by atoms with Gasteiger partial charge in [0.25, 0.3) is 0 Å². The van der Waals surface area contributed by atoms with Crippen LogP contribution in [0, 0.1) is 6.92 Å². The number of thiocarbonyl (C=S) groups is 1. The van der Waals surface area contributed by atoms with Gasteiger partial charge < -0.3 is 11.5 Å². The van der Waals surface area contributed by atoms with Crippen molar-refractivity contribution in [1.29, 1.82) is 0 Å². The van der Waals surface area contributed by atoms with E-state index in [2.05, 4.69) is 0 Å². The quantitative estimate of drug-likeness (QED) is 0.728. The van der Waals surface area contributed by atoms with Crippen molar-refractivity contribution in [2.24, 2.45) is 11.5 Å². The molecular weight excluding hydrogens is 286 g/mol. The Kier molecular flexibility index (Phi) is 4.61. The van der Waals surface area contributed by atoms with E-state index in [9.17, 15) is 13.2 Å². The molecular formula is C11H15N3O3S2. The van der Waals surface area contributed by atoms with Crippen LogP contribution in [0.4, 0.5) is 0 Å². The monoisotopic (exact) mass is 301 g/mol. The van der Waals surface area contributed by atoms with Crippen LogP contribution in [0.15, 0.2) is 23.1 Å². The summed E-state index contributed by atoms with van der Waals surface area (Å²) in [6.07, 6.45) is 0. The molecule has 8 heteroatoms. The fourth-order valence-electron chi connectivity index (χ4n) is 1.50. The van der Waals surface area contributed by atoms with Gasteiger partial charge in [0.15, 0.2) is 0 Å². The van der Waals surface area contributed by atoms with Crippen molar-refractivity contribution in [2.45, 2.75) is 11.8 Å². The molecule has 6 nitrogen and oxygen atoms in total. The van der Waals surface area contributed by atoms with Crippen LogP contribution in [0.25, 0.3) is 0 Å². The maximum absolute atomic E-state index is 12.3. The van der Waals surface area contributed by atoms with Crippen LogP contribution < -0.4 is 11.5 Å². The Hall–Kier alpha value is -1.51. The average Bonchev–Trinajstić information content (AvgIpc) is 2.27. The zero-order chi connectivity index (χ0) is 14.8. The molecule has 19 heavy (non-hydrogen) atoms. The van der Waals surface area contributed by atoms with Gasteiger partial charge in [-0.25, -0.2) is 8.42 Å². The normalized spacial score (nSPS) is 11.5. The number of hydrogen-bond acceptors (Lipinski definition) is 4. The topological polar surface area (TPSA) is 106 Å². The highest BCUT2D eigenvalue weighted by atomic mass is 32.2. The van der Waals surface area contributed by atoms with Crippen molar-refractivity contribution >= 4 is 33.1 Å². The average molecular weight is 301 g/mol. The van der Waals surface area contributed by atoms with Crippen molar-refractivity contribution in [2.75, 3.05) is 13.6 Å². The Labute approximate surface area is 117 Å². The number of sulfonamides is 1. The van der Waals surface area contributed by atoms with Gasteiger partial charge in [-0.05, 0) is 18.6 Å². The zero-order valence-corrected chi connectivity index (χ0v) is 12.2. The van der Waals surface area contributed by atoms with E-state index in [1.807, 2.05) is 0 Å². The van der Waals surface area contributed by atoms with Crippen molar-refractivity contribution in [3.8, 4) is 0 Å². The second-order valence-electron chi connectivity index (χ2n) is 4.07. The van der Waals surface area contributed by atoms with Gasteiger partial charge in [0, 0.05) is 12.6 Å². The summed E-state index contributed by atoms with van der Waals surface area (Å²) in [5, 5.41) is 0. The number of hydrogen-bond donors (Lipinski definition) is 2. The highest BCUT2D eigenvalue weighted by Crippen LogP contribution is 2.20. The smallest absolute Gasteiger partial charge is 0.243 e. The fourth-order valence-corrected chi connectivity index (χ4v) is 3.01. The van der Waals surface area contributed by atoms with Gasteiger partial charge in [0.1, 0.15) is 4.99 Å². The highest BCUT2D eigenvalue weighted by Gasteiger charge is 2.24. The Morgan fingerprint density at radius 2 is 1.95 bits per heavy atom. The number of benzene rings is 1. The van der Waals surface area contributed by atoms with Crippen molar-refractivity contribution in [3.63, 3.8) is 0 Å². The molecule has 1 aromatic carbocycles. The third-order valence-electron chi connectivity index (χ3n) is 2.54. The van der Waals surface area contributed by atoms with E-state index >= 15 is 0 Å². The molecule has 0 aliphatic carbocycles. The molecule has 0 aliphatic heterocycles. The predicted molar refractivity (Wildman–Crippen MR) is 76.1 cm³/mol. The van der Waals surface area contributed by atoms with E-state index in [0.717, 1.165) is 4.31 Å². The highest BCUT2D eigenvalue weighted by molar-refractivity contribution is 7.89. The Balaban J connectivity index is 3.31. The molecule has 4 N–H and O–H groups in total. The summed E-state index contributed by atoms with van der Waals surface area (Å²) < 4.78 is 25.5. The summed E-state index contributed by atoms with van der Waals surface area (Å²) in [4.78, 5) is 11.0. The van der Waals surface area contributed by atoms with Gasteiger partial charge in [0.05, 0.1) is 11.4 Å². The zero-order valence-electron chi connectivity index (χ0n) is 10.6. The number of amides is 1. The first-order valence-corrected chi connectivity index (χ1v) is 7.16. The molecule has 1 aromatic rings. The second-order valence-corrected chi connectivity index (χ2v) is 6.53. The molecule has 104 valence electrons. The minimum absolute atomic E-state index is 0.0570. The van der Waals surface area contributed by atoms with E-state index in [0.29, 0.717) is 11.1 Å². The number of carbonyl (C=O) groups excluding carboxylic acids is 1. The van der Waals surface area contributed by atoms with E-state index in [4.69, 9.17) is 23.7 Å². The van der Waals surface area contributed by atoms with E-state index in [1.165, 1.54) is 13.1 Å². The lowest BCUT2D eigenvalue weighted by atomic mass is 10.1. The van der Waals surface area contributed by atoms with Crippen LogP contribution in [0.2, 0.25) is 0 Å². The van der Waals surface area contributed by atoms with Crippen molar-refractivity contribution in [1.82, 2.24) is 4.31 Å². The van der Waals surface area contributed by atoms with Crippen LogP contribution >= 0.6 is 12.2 Å². The molecule has 0 aromatic heterocycles. The van der Waals surface area contributed by atoms with Crippen LogP contribution in [-0.2, 0) is 14.8 Å². The van der Waals surface area contributed by atoms with Gasteiger partial charge in [-0.15, -0.1) is 0 Å². The van der Waals surface area contributed by atoms with Crippen LogP contribution in [-0.4, -0.2) is 37.2 Å². The van der Waals surface area contributed by atoms with Gasteiger partial charge >= 0.3 is 0 Å². The molecule has 0 heterocycles. The molecule has 0 fully saturated rings. The third kappa shape index (κ3) is 3.49. The third-order valence-corrected chi connectivity index (χ3v) is 4.72. The van der Waals surface area contributed by atoms with Gasteiger partial charge in [-0.1, -0.05) is 24.4 Å². The van der Waals surface area contributed by atoms with E-state index < -0.39 is 15.9 Å². The summed E-state index contributed by atoms with van der Waals surface area (Å²) in [6, 6.07) is 4.65. The Morgan fingerprint density at radius 3 is 2.42 bits per heavy atom. The predicted octanol–water partition coefficient (Wildman–Crippen LogP) is -0.265. The summed E-state index contributed by atoms with van der Waals surface area (Å²) >= 11 is 4.82. The maximum atomic E-state index is 12.3. The summed E-state index contributed by atoms with van der Waals surface area (Å²) in [5.74, 6) is -0.728. The molecule has 1 rings (SSSR count).